The molecule has 0 aliphatic carbocycles. The van der Waals surface area contributed by atoms with E-state index < -0.39 is 5.82 Å². The minimum Gasteiger partial charge on any atom is -0.372 e. The molecule has 0 unspecified atom stereocenters. The Morgan fingerprint density at radius 1 is 1.70 bits per heavy atom. The Hall–Kier alpha value is -1.10. The molecule has 56 valence electrons. The van der Waals surface area contributed by atoms with Crippen LogP contribution in [0.1, 0.15) is 12.8 Å². The summed E-state index contributed by atoms with van der Waals surface area (Å²) in [6.07, 6.45) is 0. The molecule has 5 nitrogen and oxygen atoms in total. The number of hydrogen-bond donors (Lipinski definition) is 0. The molecule has 0 bridgehead atoms. The van der Waals surface area contributed by atoms with Crippen molar-refractivity contribution in [3.05, 3.63) is 16.5 Å². The average molecular weight is 145 g/mol. The molecule has 0 saturated carbocycles. The second-order valence-electron chi connectivity index (χ2n) is 1.57. The summed E-state index contributed by atoms with van der Waals surface area (Å²) in [5.41, 5.74) is 0. The van der Waals surface area contributed by atoms with Gasteiger partial charge >= 0.3 is 5.82 Å². The highest BCUT2D eigenvalue weighted by Crippen LogP contribution is 1.91. The highest BCUT2D eigenvalue weighted by molar-refractivity contribution is 4.64. The second-order valence-corrected chi connectivity index (χ2v) is 1.57. The molecule has 0 saturated heterocycles. The highest BCUT2D eigenvalue weighted by atomic mass is 16.6. The summed E-state index contributed by atoms with van der Waals surface area (Å²) in [6.45, 7) is 2.57. The van der Waals surface area contributed by atoms with Crippen LogP contribution < -0.4 is 5.82 Å². The fourth-order valence-corrected chi connectivity index (χ4v) is 0.467. The summed E-state index contributed by atoms with van der Waals surface area (Å²) in [7, 11) is 0. The van der Waals surface area contributed by atoms with Crippen LogP contribution in [0.25, 0.3) is 0 Å². The number of nitrogens with zero attached hydrogens (tertiary/aromatic N) is 1. The summed E-state index contributed by atoms with van der Waals surface area (Å²) < 4.78 is 13.4. The third-order valence-electron chi connectivity index (χ3n) is 0.853. The molecule has 0 aliphatic rings. The van der Waals surface area contributed by atoms with Gasteiger partial charge in [-0.1, -0.05) is 0 Å². The van der Waals surface area contributed by atoms with Gasteiger partial charge in [0.15, 0.2) is 0 Å². The van der Waals surface area contributed by atoms with Gasteiger partial charge in [0.2, 0.25) is 0 Å². The topological polar surface area (TPSA) is 65.5 Å². The van der Waals surface area contributed by atoms with Crippen LogP contribution in [-0.4, -0.2) is 11.8 Å². The molecule has 0 aliphatic heterocycles. The zero-order chi connectivity index (χ0) is 7.40. The lowest BCUT2D eigenvalue weighted by molar-refractivity contribution is 0.113. The van der Waals surface area contributed by atoms with Gasteiger partial charge in [0.05, 0.1) is 0 Å². The molecular formula is C5H7NO4. The van der Waals surface area contributed by atoms with Crippen LogP contribution in [0.15, 0.2) is 13.7 Å². The minimum atomic E-state index is -0.797. The zero-order valence-corrected chi connectivity index (χ0v) is 5.49. The summed E-state index contributed by atoms with van der Waals surface area (Å²) >= 11 is 0. The number of rotatable bonds is 3. The smallest absolute Gasteiger partial charge is 0.372 e. The summed E-state index contributed by atoms with van der Waals surface area (Å²) in [5.74, 6) is -0.624. The summed E-state index contributed by atoms with van der Waals surface area (Å²) in [6, 6.07) is 0. The molecule has 1 aromatic rings. The Bertz CT molecular complexity index is 238. The van der Waals surface area contributed by atoms with Crippen molar-refractivity contribution in [2.75, 3.05) is 6.61 Å². The van der Waals surface area contributed by atoms with Crippen molar-refractivity contribution >= 4 is 0 Å². The first-order chi connectivity index (χ1) is 4.83. The van der Waals surface area contributed by atoms with E-state index in [1.165, 1.54) is 0 Å². The molecule has 0 atom stereocenters. The predicted octanol–water partition coefficient (Wildman–Crippen LogP) is 0.164. The average Bonchev–Trinajstić information content (AvgIpc) is 2.31. The van der Waals surface area contributed by atoms with Crippen molar-refractivity contribution in [2.45, 2.75) is 13.5 Å². The van der Waals surface area contributed by atoms with E-state index >= 15 is 0 Å². The SMILES string of the molecule is CCOCc1noc(=O)o1. The number of aromatic nitrogens is 1. The van der Waals surface area contributed by atoms with Crippen LogP contribution in [0.2, 0.25) is 0 Å². The predicted molar refractivity (Wildman–Crippen MR) is 30.4 cm³/mol. The van der Waals surface area contributed by atoms with Crippen molar-refractivity contribution in [3.8, 4) is 0 Å². The molecule has 0 aromatic carbocycles. The van der Waals surface area contributed by atoms with E-state index in [1.54, 1.807) is 0 Å². The Kier molecular flexibility index (Phi) is 2.22. The third kappa shape index (κ3) is 1.70. The van der Waals surface area contributed by atoms with Crippen molar-refractivity contribution in [3.63, 3.8) is 0 Å². The fraction of sp³-hybridized carbons (Fsp3) is 0.600. The molecule has 0 radical (unpaired) electrons. The molecule has 1 rings (SSSR count). The lowest BCUT2D eigenvalue weighted by Crippen LogP contribution is -1.92. The second kappa shape index (κ2) is 3.17. The van der Waals surface area contributed by atoms with Gasteiger partial charge < -0.3 is 9.15 Å². The largest absolute Gasteiger partial charge is 0.542 e. The van der Waals surface area contributed by atoms with Crippen LogP contribution in [0.4, 0.5) is 0 Å². The van der Waals surface area contributed by atoms with Crippen LogP contribution in [0.3, 0.4) is 0 Å². The van der Waals surface area contributed by atoms with E-state index in [1.807, 2.05) is 6.92 Å². The van der Waals surface area contributed by atoms with E-state index in [2.05, 4.69) is 14.1 Å². The van der Waals surface area contributed by atoms with Crippen LogP contribution in [0.5, 0.6) is 0 Å². The monoisotopic (exact) mass is 145 g/mol. The molecule has 0 fully saturated rings. The Morgan fingerprint density at radius 2 is 2.50 bits per heavy atom. The quantitative estimate of drug-likeness (QED) is 0.606. The standard InChI is InChI=1S/C5H7NO4/c1-2-8-3-4-6-10-5(7)9-4/h2-3H2,1H3. The van der Waals surface area contributed by atoms with Crippen molar-refractivity contribution in [1.82, 2.24) is 5.16 Å². The maximum absolute atomic E-state index is 10.2. The Balaban J connectivity index is 2.50. The maximum atomic E-state index is 10.2. The van der Waals surface area contributed by atoms with Crippen LogP contribution in [0, 0.1) is 0 Å². The fourth-order valence-electron chi connectivity index (χ4n) is 0.467. The third-order valence-corrected chi connectivity index (χ3v) is 0.853. The molecule has 0 amide bonds. The lowest BCUT2D eigenvalue weighted by atomic mass is 10.7. The molecule has 1 heterocycles. The number of ether oxygens (including phenoxy) is 1. The van der Waals surface area contributed by atoms with Crippen LogP contribution >= 0.6 is 0 Å². The number of hydrogen-bond acceptors (Lipinski definition) is 5. The van der Waals surface area contributed by atoms with Gasteiger partial charge in [-0.05, 0) is 12.1 Å². The highest BCUT2D eigenvalue weighted by Gasteiger charge is 2.00. The first-order valence-electron chi connectivity index (χ1n) is 2.86. The van der Waals surface area contributed by atoms with E-state index in [-0.39, 0.29) is 12.5 Å². The zero-order valence-electron chi connectivity index (χ0n) is 5.49. The first-order valence-corrected chi connectivity index (χ1v) is 2.86. The Morgan fingerprint density at radius 3 is 3.00 bits per heavy atom. The van der Waals surface area contributed by atoms with Gasteiger partial charge in [-0.15, -0.1) is 0 Å². The van der Waals surface area contributed by atoms with Gasteiger partial charge in [-0.2, -0.15) is 0 Å². The summed E-state index contributed by atoms with van der Waals surface area (Å²) in [5, 5.41) is 3.27. The molecular weight excluding hydrogens is 138 g/mol. The van der Waals surface area contributed by atoms with E-state index in [0.717, 1.165) is 0 Å². The van der Waals surface area contributed by atoms with Gasteiger partial charge in [0.25, 0.3) is 5.89 Å². The maximum Gasteiger partial charge on any atom is 0.542 e. The van der Waals surface area contributed by atoms with E-state index in [4.69, 9.17) is 4.74 Å². The van der Waals surface area contributed by atoms with E-state index in [0.29, 0.717) is 6.61 Å². The lowest BCUT2D eigenvalue weighted by Gasteiger charge is -1.90. The van der Waals surface area contributed by atoms with Gasteiger partial charge in [0.1, 0.15) is 6.61 Å². The molecule has 5 heteroatoms. The van der Waals surface area contributed by atoms with Gasteiger partial charge in [0, 0.05) is 6.61 Å². The van der Waals surface area contributed by atoms with Crippen molar-refractivity contribution < 1.29 is 13.7 Å². The van der Waals surface area contributed by atoms with E-state index in [9.17, 15) is 4.79 Å². The normalized spacial score (nSPS) is 10.1. The van der Waals surface area contributed by atoms with Crippen molar-refractivity contribution in [2.24, 2.45) is 0 Å². The molecule has 0 spiro atoms. The van der Waals surface area contributed by atoms with Crippen LogP contribution in [-0.2, 0) is 11.3 Å². The summed E-state index contributed by atoms with van der Waals surface area (Å²) in [4.78, 5) is 10.2. The molecule has 0 N–H and O–H groups in total. The molecule has 1 aromatic heterocycles. The first kappa shape index (κ1) is 7.01. The van der Waals surface area contributed by atoms with Gasteiger partial charge in [-0.3, -0.25) is 4.52 Å². The Labute approximate surface area is 56.6 Å². The minimum absolute atomic E-state index is 0.173. The molecule has 10 heavy (non-hydrogen) atoms. The van der Waals surface area contributed by atoms with Crippen molar-refractivity contribution in [1.29, 1.82) is 0 Å². The van der Waals surface area contributed by atoms with Gasteiger partial charge in [-0.25, -0.2) is 4.79 Å².